The fourth-order valence-electron chi connectivity index (χ4n) is 2.79. The van der Waals surface area contributed by atoms with Gasteiger partial charge in [-0.1, -0.05) is 0 Å². The number of aryl methyl sites for hydroxylation is 1. The van der Waals surface area contributed by atoms with Gasteiger partial charge in [-0.05, 0) is 53.5 Å². The molecule has 6 nitrogen and oxygen atoms in total. The van der Waals surface area contributed by atoms with Gasteiger partial charge in [0.25, 0.3) is 0 Å². The van der Waals surface area contributed by atoms with Crippen LogP contribution in [0.3, 0.4) is 0 Å². The van der Waals surface area contributed by atoms with E-state index in [-0.39, 0.29) is 0 Å². The molecule has 21 heavy (non-hydrogen) atoms. The zero-order chi connectivity index (χ0) is 15.8. The molecular formula is C14H26N4O2S. The maximum atomic E-state index is 12.7. The van der Waals surface area contributed by atoms with E-state index >= 15 is 0 Å². The Bertz CT molecular complexity index is 615. The van der Waals surface area contributed by atoms with Gasteiger partial charge in [-0.3, -0.25) is 4.68 Å². The normalized spacial score (nSPS) is 16.4. The van der Waals surface area contributed by atoms with Gasteiger partial charge < -0.3 is 5.32 Å². The fraction of sp³-hybridized carbons (Fsp3) is 0.786. The smallest absolute Gasteiger partial charge is 0.244 e. The van der Waals surface area contributed by atoms with Gasteiger partial charge in [0.15, 0.2) is 0 Å². The van der Waals surface area contributed by atoms with Crippen LogP contribution in [0, 0.1) is 19.8 Å². The van der Waals surface area contributed by atoms with E-state index in [0.717, 1.165) is 19.4 Å². The summed E-state index contributed by atoms with van der Waals surface area (Å²) in [5, 5.41) is 7.41. The molecule has 1 aliphatic rings. The highest BCUT2D eigenvalue weighted by atomic mass is 32.2. The molecule has 7 heteroatoms. The third-order valence-corrected chi connectivity index (χ3v) is 6.08. The first-order valence-electron chi connectivity index (χ1n) is 7.41. The molecule has 2 rings (SSSR count). The molecule has 1 fully saturated rings. The molecule has 0 amide bonds. The van der Waals surface area contributed by atoms with Crippen molar-refractivity contribution in [2.45, 2.75) is 57.5 Å². The van der Waals surface area contributed by atoms with Crippen LogP contribution in [-0.2, 0) is 16.6 Å². The summed E-state index contributed by atoms with van der Waals surface area (Å²) < 4.78 is 30.1. The maximum absolute atomic E-state index is 12.7. The van der Waals surface area contributed by atoms with Crippen molar-refractivity contribution in [1.82, 2.24) is 19.8 Å². The monoisotopic (exact) mass is 314 g/mol. The molecule has 0 unspecified atom stereocenters. The van der Waals surface area contributed by atoms with Gasteiger partial charge in [0.2, 0.25) is 10.0 Å². The Morgan fingerprint density at radius 3 is 2.48 bits per heavy atom. The number of nitrogens with one attached hydrogen (secondary N) is 2. The largest absolute Gasteiger partial charge is 0.318 e. The summed E-state index contributed by atoms with van der Waals surface area (Å²) in [5.74, 6) is 0.437. The highest BCUT2D eigenvalue weighted by Gasteiger charge is 2.41. The lowest BCUT2D eigenvalue weighted by Crippen LogP contribution is -2.45. The molecule has 0 aliphatic heterocycles. The van der Waals surface area contributed by atoms with Crippen molar-refractivity contribution in [3.05, 3.63) is 11.4 Å². The Labute approximate surface area is 127 Å². The van der Waals surface area contributed by atoms with Crippen molar-refractivity contribution < 1.29 is 8.42 Å². The van der Waals surface area contributed by atoms with Gasteiger partial charge >= 0.3 is 0 Å². The van der Waals surface area contributed by atoms with Gasteiger partial charge in [-0.25, -0.2) is 13.1 Å². The van der Waals surface area contributed by atoms with Gasteiger partial charge in [-0.15, -0.1) is 0 Å². The summed E-state index contributed by atoms with van der Waals surface area (Å²) in [6.45, 7) is 8.89. The van der Waals surface area contributed by atoms with Crippen LogP contribution in [0.1, 0.15) is 38.1 Å². The molecule has 1 heterocycles. The van der Waals surface area contributed by atoms with E-state index in [0.29, 0.717) is 28.7 Å². The summed E-state index contributed by atoms with van der Waals surface area (Å²) in [6.07, 6.45) is 2.18. The highest BCUT2D eigenvalue weighted by Crippen LogP contribution is 2.40. The fourth-order valence-corrected chi connectivity index (χ4v) is 4.68. The number of rotatable bonds is 7. The molecule has 0 radical (unpaired) electrons. The van der Waals surface area contributed by atoms with Crippen molar-refractivity contribution >= 4 is 10.0 Å². The van der Waals surface area contributed by atoms with Crippen LogP contribution in [0.5, 0.6) is 0 Å². The second-order valence-corrected chi connectivity index (χ2v) is 8.05. The summed E-state index contributed by atoms with van der Waals surface area (Å²) >= 11 is 0. The van der Waals surface area contributed by atoms with Crippen LogP contribution in [0.4, 0.5) is 0 Å². The van der Waals surface area contributed by atoms with Crippen molar-refractivity contribution in [1.29, 1.82) is 0 Å². The zero-order valence-electron chi connectivity index (χ0n) is 13.5. The maximum Gasteiger partial charge on any atom is 0.244 e. The van der Waals surface area contributed by atoms with Crippen molar-refractivity contribution in [3.63, 3.8) is 0 Å². The topological polar surface area (TPSA) is 76.0 Å². The molecule has 0 atom stereocenters. The molecule has 0 bridgehead atoms. The summed E-state index contributed by atoms with van der Waals surface area (Å²) in [6, 6.07) is 0. The Balaban J connectivity index is 2.29. The van der Waals surface area contributed by atoms with Crippen molar-refractivity contribution in [3.8, 4) is 0 Å². The van der Waals surface area contributed by atoms with Gasteiger partial charge in [-0.2, -0.15) is 5.10 Å². The second kappa shape index (κ2) is 5.70. The first kappa shape index (κ1) is 16.5. The number of nitrogens with zero attached hydrogens (tertiary/aromatic N) is 2. The van der Waals surface area contributed by atoms with Crippen molar-refractivity contribution in [2.24, 2.45) is 5.92 Å². The van der Waals surface area contributed by atoms with E-state index in [1.54, 1.807) is 11.6 Å². The minimum atomic E-state index is -3.54. The predicted molar refractivity (Wildman–Crippen MR) is 82.8 cm³/mol. The Kier molecular flexibility index (Phi) is 4.46. The van der Waals surface area contributed by atoms with Crippen LogP contribution in [0.2, 0.25) is 0 Å². The van der Waals surface area contributed by atoms with Crippen LogP contribution < -0.4 is 10.0 Å². The lowest BCUT2D eigenvalue weighted by Gasteiger charge is -2.25. The summed E-state index contributed by atoms with van der Waals surface area (Å²) in [4.78, 5) is 0.326. The Morgan fingerprint density at radius 2 is 1.95 bits per heavy atom. The lowest BCUT2D eigenvalue weighted by atomic mass is 10.0. The van der Waals surface area contributed by atoms with Gasteiger partial charge in [0.05, 0.1) is 17.9 Å². The van der Waals surface area contributed by atoms with Crippen LogP contribution in [-0.4, -0.2) is 37.3 Å². The van der Waals surface area contributed by atoms with E-state index in [1.165, 1.54) is 0 Å². The summed E-state index contributed by atoms with van der Waals surface area (Å²) in [5.41, 5.74) is 0.856. The Hall–Kier alpha value is -0.920. The molecule has 1 saturated carbocycles. The number of hydrogen-bond acceptors (Lipinski definition) is 4. The zero-order valence-corrected chi connectivity index (χ0v) is 14.3. The molecule has 0 spiro atoms. The van der Waals surface area contributed by atoms with Crippen LogP contribution in [0.25, 0.3) is 0 Å². The third-order valence-electron chi connectivity index (χ3n) is 4.15. The van der Waals surface area contributed by atoms with E-state index in [9.17, 15) is 8.42 Å². The summed E-state index contributed by atoms with van der Waals surface area (Å²) in [7, 11) is -1.68. The van der Waals surface area contributed by atoms with E-state index in [4.69, 9.17) is 0 Å². The minimum Gasteiger partial charge on any atom is -0.318 e. The average Bonchev–Trinajstić information content (AvgIpc) is 3.13. The van der Waals surface area contributed by atoms with Crippen LogP contribution in [0.15, 0.2) is 4.90 Å². The molecule has 1 aromatic rings. The molecule has 0 saturated heterocycles. The minimum absolute atomic E-state index is 0.326. The molecular weight excluding hydrogens is 288 g/mol. The number of hydrogen-bond donors (Lipinski definition) is 2. The van der Waals surface area contributed by atoms with Crippen molar-refractivity contribution in [2.75, 3.05) is 13.6 Å². The number of sulfonamides is 1. The first-order valence-corrected chi connectivity index (χ1v) is 8.90. The molecule has 120 valence electrons. The Morgan fingerprint density at radius 1 is 1.33 bits per heavy atom. The standard InChI is InChI=1S/C14H26N4O2S/c1-10-13(11(2)18(16-10)9-8-15-5)21(19,20)17-14(3,4)12-6-7-12/h12,15,17H,6-9H2,1-5H3. The molecule has 2 N–H and O–H groups in total. The van der Waals surface area contributed by atoms with E-state index in [1.807, 2.05) is 27.8 Å². The van der Waals surface area contributed by atoms with Crippen LogP contribution >= 0.6 is 0 Å². The molecule has 1 aromatic heterocycles. The number of aromatic nitrogens is 2. The predicted octanol–water partition coefficient (Wildman–Crippen LogP) is 1.19. The van der Waals surface area contributed by atoms with Gasteiger partial charge in [0, 0.05) is 12.1 Å². The lowest BCUT2D eigenvalue weighted by molar-refractivity contribution is 0.400. The molecule has 1 aliphatic carbocycles. The van der Waals surface area contributed by atoms with E-state index in [2.05, 4.69) is 15.1 Å². The highest BCUT2D eigenvalue weighted by molar-refractivity contribution is 7.89. The SMILES string of the molecule is CNCCn1nc(C)c(S(=O)(=O)NC(C)(C)C2CC2)c1C. The molecule has 0 aromatic carbocycles. The van der Waals surface area contributed by atoms with E-state index < -0.39 is 15.6 Å². The quantitative estimate of drug-likeness (QED) is 0.792. The first-order chi connectivity index (χ1) is 9.69. The number of likely N-dealkylation sites (N-methyl/N-ethyl adjacent to an activating group) is 1. The van der Waals surface area contributed by atoms with Gasteiger partial charge in [0.1, 0.15) is 4.90 Å². The second-order valence-electron chi connectivity index (χ2n) is 6.43. The average molecular weight is 314 g/mol. The third kappa shape index (κ3) is 3.46.